The Labute approximate surface area is 76.2 Å². The van der Waals surface area contributed by atoms with E-state index in [0.717, 1.165) is 5.57 Å². The fraction of sp³-hybridized carbons (Fsp3) is 0.333. The maximum atomic E-state index is 11.1. The average Bonchev–Trinajstić information content (AvgIpc) is 2.16. The highest BCUT2D eigenvalue weighted by Crippen LogP contribution is 2.17. The van der Waals surface area contributed by atoms with Crippen molar-refractivity contribution in [2.75, 3.05) is 7.11 Å². The summed E-state index contributed by atoms with van der Waals surface area (Å²) in [5.74, 6) is -0.356. The second-order valence-electron chi connectivity index (χ2n) is 2.79. The summed E-state index contributed by atoms with van der Waals surface area (Å²) < 4.78 is 4.58. The number of carbonyl (C=O) groups excluding carboxylic acids is 1. The van der Waals surface area contributed by atoms with Gasteiger partial charge in [0, 0.05) is 6.42 Å². The summed E-state index contributed by atoms with van der Waals surface area (Å²) in [5.41, 5.74) is 1.93. The molecule has 0 aliphatic heterocycles. The minimum atomic E-state index is -0.356. The third kappa shape index (κ3) is 1.96. The molecule has 1 N–H and O–H groups in total. The van der Waals surface area contributed by atoms with Crippen molar-refractivity contribution in [3.8, 4) is 0 Å². The van der Waals surface area contributed by atoms with E-state index in [1.165, 1.54) is 7.11 Å². The number of carbonyl (C=O) groups is 1. The molecular formula is C9H11NO3. The van der Waals surface area contributed by atoms with Crippen LogP contribution in [-0.4, -0.2) is 24.0 Å². The lowest BCUT2D eigenvalue weighted by Crippen LogP contribution is -2.11. The molecule has 0 atom stereocenters. The minimum absolute atomic E-state index is 0.356. The molecule has 0 aromatic rings. The van der Waals surface area contributed by atoms with Crippen LogP contribution in [0.5, 0.6) is 0 Å². The number of esters is 1. The van der Waals surface area contributed by atoms with Gasteiger partial charge in [-0.3, -0.25) is 0 Å². The Balaban J connectivity index is 2.91. The predicted molar refractivity (Wildman–Crippen MR) is 47.7 cm³/mol. The molecule has 4 heteroatoms. The summed E-state index contributed by atoms with van der Waals surface area (Å²) >= 11 is 0. The van der Waals surface area contributed by atoms with Crippen LogP contribution in [0.1, 0.15) is 13.3 Å². The molecule has 0 spiro atoms. The van der Waals surface area contributed by atoms with Gasteiger partial charge in [-0.25, -0.2) is 4.79 Å². The van der Waals surface area contributed by atoms with E-state index in [1.54, 1.807) is 19.1 Å². The largest absolute Gasteiger partial charge is 0.465 e. The van der Waals surface area contributed by atoms with Crippen LogP contribution in [0.2, 0.25) is 0 Å². The summed E-state index contributed by atoms with van der Waals surface area (Å²) in [7, 11) is 1.34. The first-order chi connectivity index (χ1) is 6.19. The van der Waals surface area contributed by atoms with Gasteiger partial charge in [0.15, 0.2) is 0 Å². The van der Waals surface area contributed by atoms with Crippen molar-refractivity contribution in [3.63, 3.8) is 0 Å². The van der Waals surface area contributed by atoms with Crippen LogP contribution in [-0.2, 0) is 9.53 Å². The van der Waals surface area contributed by atoms with Gasteiger partial charge in [-0.2, -0.15) is 0 Å². The van der Waals surface area contributed by atoms with Gasteiger partial charge in [0.05, 0.1) is 18.4 Å². The van der Waals surface area contributed by atoms with Gasteiger partial charge in [-0.05, 0) is 19.1 Å². The molecule has 1 aliphatic rings. The van der Waals surface area contributed by atoms with Crippen molar-refractivity contribution >= 4 is 11.7 Å². The first-order valence-electron chi connectivity index (χ1n) is 3.86. The molecule has 0 saturated heterocycles. The van der Waals surface area contributed by atoms with E-state index in [-0.39, 0.29) is 5.97 Å². The summed E-state index contributed by atoms with van der Waals surface area (Å²) in [4.78, 5) is 11.1. The fourth-order valence-electron chi connectivity index (χ4n) is 1.17. The van der Waals surface area contributed by atoms with Crippen molar-refractivity contribution in [1.29, 1.82) is 0 Å². The Morgan fingerprint density at radius 2 is 2.31 bits per heavy atom. The molecule has 0 aromatic carbocycles. The fourth-order valence-corrected chi connectivity index (χ4v) is 1.17. The van der Waals surface area contributed by atoms with E-state index in [9.17, 15) is 4.79 Å². The predicted octanol–water partition coefficient (Wildman–Crippen LogP) is 1.27. The zero-order valence-corrected chi connectivity index (χ0v) is 7.57. The SMILES string of the molecule is COC(=O)C1=C(C)CC(=NO)C=C1. The number of nitrogens with zero attached hydrogens (tertiary/aromatic N) is 1. The zero-order chi connectivity index (χ0) is 9.84. The second-order valence-corrected chi connectivity index (χ2v) is 2.79. The molecule has 70 valence electrons. The second kappa shape index (κ2) is 3.89. The molecular weight excluding hydrogens is 170 g/mol. The van der Waals surface area contributed by atoms with Gasteiger partial charge >= 0.3 is 5.97 Å². The lowest BCUT2D eigenvalue weighted by molar-refractivity contribution is -0.135. The summed E-state index contributed by atoms with van der Waals surface area (Å²) in [5, 5.41) is 11.5. The molecule has 0 saturated carbocycles. The Kier molecular flexibility index (Phi) is 2.84. The van der Waals surface area contributed by atoms with Crippen LogP contribution in [0.15, 0.2) is 28.5 Å². The lowest BCUT2D eigenvalue weighted by Gasteiger charge is -2.10. The highest BCUT2D eigenvalue weighted by atomic mass is 16.5. The smallest absolute Gasteiger partial charge is 0.337 e. The maximum Gasteiger partial charge on any atom is 0.337 e. The number of oxime groups is 1. The Bertz CT molecular complexity index is 313. The number of hydrogen-bond acceptors (Lipinski definition) is 4. The Morgan fingerprint density at radius 3 is 2.77 bits per heavy atom. The van der Waals surface area contributed by atoms with Crippen LogP contribution in [0, 0.1) is 0 Å². The molecule has 0 heterocycles. The first-order valence-corrected chi connectivity index (χ1v) is 3.86. The average molecular weight is 181 g/mol. The van der Waals surface area contributed by atoms with Crippen LogP contribution in [0.25, 0.3) is 0 Å². The van der Waals surface area contributed by atoms with Crippen molar-refractivity contribution in [1.82, 2.24) is 0 Å². The molecule has 0 fully saturated rings. The summed E-state index contributed by atoms with van der Waals surface area (Å²) in [6, 6.07) is 0. The van der Waals surface area contributed by atoms with E-state index in [2.05, 4.69) is 9.89 Å². The molecule has 0 unspecified atom stereocenters. The normalized spacial score (nSPS) is 19.4. The van der Waals surface area contributed by atoms with Crippen molar-refractivity contribution in [2.24, 2.45) is 5.16 Å². The van der Waals surface area contributed by atoms with E-state index < -0.39 is 0 Å². The van der Waals surface area contributed by atoms with Gasteiger partial charge in [-0.1, -0.05) is 10.7 Å². The van der Waals surface area contributed by atoms with Crippen LogP contribution < -0.4 is 0 Å². The van der Waals surface area contributed by atoms with Gasteiger partial charge < -0.3 is 9.94 Å². The minimum Gasteiger partial charge on any atom is -0.465 e. The van der Waals surface area contributed by atoms with Gasteiger partial charge in [0.25, 0.3) is 0 Å². The molecule has 13 heavy (non-hydrogen) atoms. The molecule has 4 nitrogen and oxygen atoms in total. The quantitative estimate of drug-likeness (QED) is 0.376. The van der Waals surface area contributed by atoms with E-state index in [4.69, 9.17) is 5.21 Å². The van der Waals surface area contributed by atoms with E-state index >= 15 is 0 Å². The van der Waals surface area contributed by atoms with E-state index in [0.29, 0.717) is 17.7 Å². The molecule has 0 bridgehead atoms. The van der Waals surface area contributed by atoms with Crippen molar-refractivity contribution < 1.29 is 14.7 Å². The molecule has 0 amide bonds. The molecule has 0 aromatic heterocycles. The van der Waals surface area contributed by atoms with Crippen LogP contribution in [0.4, 0.5) is 0 Å². The third-order valence-corrected chi connectivity index (χ3v) is 1.88. The maximum absolute atomic E-state index is 11.1. The van der Waals surface area contributed by atoms with Crippen LogP contribution in [0.3, 0.4) is 0 Å². The van der Waals surface area contributed by atoms with Crippen molar-refractivity contribution in [2.45, 2.75) is 13.3 Å². The lowest BCUT2D eigenvalue weighted by atomic mass is 9.98. The standard InChI is InChI=1S/C9H11NO3/c1-6-5-7(10-12)3-4-8(6)9(11)13-2/h3-4,12H,5H2,1-2H3. The van der Waals surface area contributed by atoms with E-state index in [1.807, 2.05) is 0 Å². The molecule has 1 aliphatic carbocycles. The first kappa shape index (κ1) is 9.51. The number of ether oxygens (including phenoxy) is 1. The highest BCUT2D eigenvalue weighted by molar-refractivity contribution is 6.03. The monoisotopic (exact) mass is 181 g/mol. The zero-order valence-electron chi connectivity index (χ0n) is 7.57. The van der Waals surface area contributed by atoms with Gasteiger partial charge in [0.1, 0.15) is 0 Å². The summed E-state index contributed by atoms with van der Waals surface area (Å²) in [6.45, 7) is 1.81. The highest BCUT2D eigenvalue weighted by Gasteiger charge is 2.15. The number of hydrogen-bond donors (Lipinski definition) is 1. The number of methoxy groups -OCH3 is 1. The number of allylic oxidation sites excluding steroid dienone is 2. The van der Waals surface area contributed by atoms with Crippen molar-refractivity contribution in [3.05, 3.63) is 23.3 Å². The summed E-state index contributed by atoms with van der Waals surface area (Å²) in [6.07, 6.45) is 3.68. The van der Waals surface area contributed by atoms with Crippen LogP contribution >= 0.6 is 0 Å². The van der Waals surface area contributed by atoms with Gasteiger partial charge in [0.2, 0.25) is 0 Å². The Morgan fingerprint density at radius 1 is 1.62 bits per heavy atom. The Hall–Kier alpha value is -1.58. The molecule has 1 rings (SSSR count). The molecule has 0 radical (unpaired) electrons. The topological polar surface area (TPSA) is 58.9 Å². The van der Waals surface area contributed by atoms with Gasteiger partial charge in [-0.15, -0.1) is 0 Å². The number of rotatable bonds is 1. The third-order valence-electron chi connectivity index (χ3n) is 1.88.